The molecule has 0 spiro atoms. The van der Waals surface area contributed by atoms with Crippen molar-refractivity contribution in [3.8, 4) is 0 Å². The molecule has 0 saturated heterocycles. The summed E-state index contributed by atoms with van der Waals surface area (Å²) in [7, 11) is 0. The first-order chi connectivity index (χ1) is 8.32. The highest BCUT2D eigenvalue weighted by molar-refractivity contribution is 5.66. The topological polar surface area (TPSA) is 79.5 Å². The molecule has 18 heavy (non-hydrogen) atoms. The van der Waals surface area contributed by atoms with Crippen LogP contribution in [0.15, 0.2) is 4.52 Å². The second kappa shape index (κ2) is 5.95. The van der Waals surface area contributed by atoms with E-state index in [0.717, 1.165) is 6.54 Å². The number of nitrogens with zero attached hydrogens (tertiary/aromatic N) is 3. The second-order valence-electron chi connectivity index (χ2n) is 5.28. The molecule has 0 fully saturated rings. The van der Waals surface area contributed by atoms with E-state index in [9.17, 15) is 4.79 Å². The molecular formula is C12H21N3O3. The van der Waals surface area contributed by atoms with Crippen LogP contribution in [0.2, 0.25) is 0 Å². The quantitative estimate of drug-likeness (QED) is 0.832. The van der Waals surface area contributed by atoms with Crippen molar-refractivity contribution in [3.05, 3.63) is 11.7 Å². The standard InChI is InChI=1S/C12H21N3O3/c1-5-15(7-6-10(16)17)8-9-13-11(18-14-9)12(2,3)4/h5-8H2,1-4H3,(H,16,17). The van der Waals surface area contributed by atoms with Gasteiger partial charge in [0, 0.05) is 12.0 Å². The Balaban J connectivity index is 2.59. The van der Waals surface area contributed by atoms with Gasteiger partial charge in [-0.05, 0) is 6.54 Å². The maximum Gasteiger partial charge on any atom is 0.304 e. The number of hydrogen-bond acceptors (Lipinski definition) is 5. The molecule has 0 unspecified atom stereocenters. The van der Waals surface area contributed by atoms with E-state index in [-0.39, 0.29) is 11.8 Å². The number of carbonyl (C=O) groups is 1. The summed E-state index contributed by atoms with van der Waals surface area (Å²) < 4.78 is 5.20. The number of hydrogen-bond donors (Lipinski definition) is 1. The molecule has 1 N–H and O–H groups in total. The van der Waals surface area contributed by atoms with E-state index in [0.29, 0.717) is 24.8 Å². The van der Waals surface area contributed by atoms with E-state index in [4.69, 9.17) is 9.63 Å². The Hall–Kier alpha value is -1.43. The molecule has 1 aromatic heterocycles. The first-order valence-electron chi connectivity index (χ1n) is 6.10. The predicted molar refractivity (Wildman–Crippen MR) is 66.2 cm³/mol. The van der Waals surface area contributed by atoms with E-state index >= 15 is 0 Å². The fourth-order valence-electron chi connectivity index (χ4n) is 1.43. The number of aliphatic carboxylic acids is 1. The molecule has 6 heteroatoms. The van der Waals surface area contributed by atoms with Crippen LogP contribution in [0.25, 0.3) is 0 Å². The summed E-state index contributed by atoms with van der Waals surface area (Å²) >= 11 is 0. The van der Waals surface area contributed by atoms with Crippen molar-refractivity contribution in [1.29, 1.82) is 0 Å². The highest BCUT2D eigenvalue weighted by Crippen LogP contribution is 2.19. The highest BCUT2D eigenvalue weighted by Gasteiger charge is 2.22. The van der Waals surface area contributed by atoms with Crippen molar-refractivity contribution in [2.75, 3.05) is 13.1 Å². The zero-order valence-electron chi connectivity index (χ0n) is 11.4. The molecule has 0 atom stereocenters. The third-order valence-corrected chi connectivity index (χ3v) is 2.56. The molecule has 6 nitrogen and oxygen atoms in total. The Labute approximate surface area is 107 Å². The summed E-state index contributed by atoms with van der Waals surface area (Å²) in [6.07, 6.45) is 0.123. The van der Waals surface area contributed by atoms with Gasteiger partial charge in [-0.3, -0.25) is 9.69 Å². The van der Waals surface area contributed by atoms with E-state index in [1.807, 2.05) is 32.6 Å². The maximum atomic E-state index is 10.5. The van der Waals surface area contributed by atoms with Crippen molar-refractivity contribution in [3.63, 3.8) is 0 Å². The summed E-state index contributed by atoms with van der Waals surface area (Å²) in [4.78, 5) is 16.8. The molecule has 0 aliphatic rings. The molecule has 102 valence electrons. The fraction of sp³-hybridized carbons (Fsp3) is 0.750. The molecule has 1 heterocycles. The monoisotopic (exact) mass is 255 g/mol. The zero-order chi connectivity index (χ0) is 13.8. The second-order valence-corrected chi connectivity index (χ2v) is 5.28. The lowest BCUT2D eigenvalue weighted by molar-refractivity contribution is -0.137. The van der Waals surface area contributed by atoms with Gasteiger partial charge in [0.25, 0.3) is 0 Å². The van der Waals surface area contributed by atoms with Gasteiger partial charge in [0.05, 0.1) is 13.0 Å². The minimum atomic E-state index is -0.794. The Kier molecular flexibility index (Phi) is 4.84. The van der Waals surface area contributed by atoms with Gasteiger partial charge >= 0.3 is 5.97 Å². The van der Waals surface area contributed by atoms with Gasteiger partial charge in [-0.1, -0.05) is 32.9 Å². The van der Waals surface area contributed by atoms with Crippen LogP contribution in [0.5, 0.6) is 0 Å². The lowest BCUT2D eigenvalue weighted by Gasteiger charge is -2.16. The smallest absolute Gasteiger partial charge is 0.304 e. The Bertz CT molecular complexity index is 396. The molecule has 1 rings (SSSR count). The zero-order valence-corrected chi connectivity index (χ0v) is 11.4. The van der Waals surface area contributed by atoms with Gasteiger partial charge in [-0.2, -0.15) is 4.98 Å². The van der Waals surface area contributed by atoms with E-state index < -0.39 is 5.97 Å². The largest absolute Gasteiger partial charge is 0.481 e. The van der Waals surface area contributed by atoms with Crippen molar-refractivity contribution in [2.45, 2.75) is 46.1 Å². The van der Waals surface area contributed by atoms with E-state index in [2.05, 4.69) is 10.1 Å². The van der Waals surface area contributed by atoms with Crippen LogP contribution < -0.4 is 0 Å². The first kappa shape index (κ1) is 14.6. The number of rotatable bonds is 6. The third-order valence-electron chi connectivity index (χ3n) is 2.56. The molecular weight excluding hydrogens is 234 g/mol. The predicted octanol–water partition coefficient (Wildman–Crippen LogP) is 1.66. The fourth-order valence-corrected chi connectivity index (χ4v) is 1.43. The third kappa shape index (κ3) is 4.44. The minimum Gasteiger partial charge on any atom is -0.481 e. The average molecular weight is 255 g/mol. The van der Waals surface area contributed by atoms with Crippen LogP contribution in [-0.2, 0) is 16.8 Å². The van der Waals surface area contributed by atoms with Crippen molar-refractivity contribution >= 4 is 5.97 Å². The summed E-state index contributed by atoms with van der Waals surface area (Å²) in [5.74, 6) is 0.413. The number of carboxylic acids is 1. The molecule has 0 radical (unpaired) electrons. The van der Waals surface area contributed by atoms with Crippen molar-refractivity contribution < 1.29 is 14.4 Å². The summed E-state index contributed by atoms with van der Waals surface area (Å²) in [6.45, 7) is 9.76. The van der Waals surface area contributed by atoms with Crippen LogP contribution in [0.1, 0.15) is 45.8 Å². The molecule has 0 aromatic carbocycles. The Morgan fingerprint density at radius 3 is 2.56 bits per heavy atom. The van der Waals surface area contributed by atoms with Gasteiger partial charge in [0.1, 0.15) is 0 Å². The Morgan fingerprint density at radius 1 is 1.44 bits per heavy atom. The van der Waals surface area contributed by atoms with Crippen molar-refractivity contribution in [1.82, 2.24) is 15.0 Å². The maximum absolute atomic E-state index is 10.5. The lowest BCUT2D eigenvalue weighted by atomic mass is 9.97. The minimum absolute atomic E-state index is 0.123. The van der Waals surface area contributed by atoms with Gasteiger partial charge in [-0.25, -0.2) is 0 Å². The molecule has 0 bridgehead atoms. The number of aromatic nitrogens is 2. The van der Waals surface area contributed by atoms with Crippen LogP contribution >= 0.6 is 0 Å². The summed E-state index contributed by atoms with van der Waals surface area (Å²) in [5.41, 5.74) is -0.163. The summed E-state index contributed by atoms with van der Waals surface area (Å²) in [6, 6.07) is 0. The molecule has 0 aliphatic carbocycles. The van der Waals surface area contributed by atoms with Gasteiger partial charge in [0.2, 0.25) is 5.89 Å². The molecule has 0 aliphatic heterocycles. The van der Waals surface area contributed by atoms with Gasteiger partial charge in [0.15, 0.2) is 5.82 Å². The van der Waals surface area contributed by atoms with Crippen LogP contribution in [0.4, 0.5) is 0 Å². The first-order valence-corrected chi connectivity index (χ1v) is 6.10. The average Bonchev–Trinajstić information content (AvgIpc) is 2.71. The molecule has 0 saturated carbocycles. The highest BCUT2D eigenvalue weighted by atomic mass is 16.5. The van der Waals surface area contributed by atoms with E-state index in [1.54, 1.807) is 0 Å². The SMILES string of the molecule is CCN(CCC(=O)O)Cc1noc(C(C)(C)C)n1. The van der Waals surface area contributed by atoms with Crippen LogP contribution in [-0.4, -0.2) is 39.2 Å². The summed E-state index contributed by atoms with van der Waals surface area (Å²) in [5, 5.41) is 12.6. The molecule has 1 aromatic rings. The Morgan fingerprint density at radius 2 is 2.11 bits per heavy atom. The van der Waals surface area contributed by atoms with Crippen LogP contribution in [0, 0.1) is 0 Å². The van der Waals surface area contributed by atoms with Gasteiger partial charge < -0.3 is 9.63 Å². The number of carboxylic acid groups (broad SMARTS) is 1. The van der Waals surface area contributed by atoms with E-state index in [1.165, 1.54) is 0 Å². The van der Waals surface area contributed by atoms with Crippen molar-refractivity contribution in [2.24, 2.45) is 0 Å². The van der Waals surface area contributed by atoms with Gasteiger partial charge in [-0.15, -0.1) is 0 Å². The van der Waals surface area contributed by atoms with Crippen LogP contribution in [0.3, 0.4) is 0 Å². The normalized spacial score (nSPS) is 12.1. The lowest BCUT2D eigenvalue weighted by Crippen LogP contribution is -2.26. The molecule has 0 amide bonds.